The van der Waals surface area contributed by atoms with Crippen molar-refractivity contribution in [1.29, 1.82) is 0 Å². The highest BCUT2D eigenvalue weighted by atomic mass is 32.2. The summed E-state index contributed by atoms with van der Waals surface area (Å²) in [5, 5.41) is 0. The zero-order valence-electron chi connectivity index (χ0n) is 6.82. The number of unbranched alkanes of at least 4 members (excludes halogenated alkanes) is 1. The Kier molecular flexibility index (Phi) is 4.84. The molecule has 4 N–H and O–H groups in total. The van der Waals surface area contributed by atoms with Crippen LogP contribution in [0.1, 0.15) is 12.8 Å². The first kappa shape index (κ1) is 11.4. The van der Waals surface area contributed by atoms with Gasteiger partial charge in [0.25, 0.3) is 0 Å². The molecule has 0 radical (unpaired) electrons. The Hall–Kier alpha value is -0.620. The van der Waals surface area contributed by atoms with E-state index in [0.717, 1.165) is 0 Å². The van der Waals surface area contributed by atoms with Crippen LogP contribution < -0.4 is 11.5 Å². The normalized spacial score (nSPS) is 11.4. The van der Waals surface area contributed by atoms with E-state index in [2.05, 4.69) is 0 Å². The minimum Gasteiger partial charge on any atom is -0.369 e. The van der Waals surface area contributed by atoms with Gasteiger partial charge in [0.2, 0.25) is 5.91 Å². The molecule has 12 heavy (non-hydrogen) atoms. The van der Waals surface area contributed by atoms with Crippen molar-refractivity contribution < 1.29 is 13.2 Å². The van der Waals surface area contributed by atoms with Gasteiger partial charge in [-0.1, -0.05) is 0 Å². The highest BCUT2D eigenvalue weighted by molar-refractivity contribution is 7.92. The minimum absolute atomic E-state index is 0.00681. The van der Waals surface area contributed by atoms with Gasteiger partial charge in [-0.05, 0) is 19.4 Å². The molecule has 0 aromatic heterocycles. The number of rotatable bonds is 6. The molecule has 0 aromatic carbocycles. The van der Waals surface area contributed by atoms with E-state index in [-0.39, 0.29) is 5.75 Å². The van der Waals surface area contributed by atoms with Gasteiger partial charge in [0.1, 0.15) is 5.75 Å². The Bertz CT molecular complexity index is 235. The van der Waals surface area contributed by atoms with Gasteiger partial charge in [-0.15, -0.1) is 0 Å². The summed E-state index contributed by atoms with van der Waals surface area (Å²) in [5.41, 5.74) is 9.91. The molecule has 0 spiro atoms. The van der Waals surface area contributed by atoms with Gasteiger partial charge in [0, 0.05) is 0 Å². The summed E-state index contributed by atoms with van der Waals surface area (Å²) >= 11 is 0. The molecule has 0 aliphatic heterocycles. The highest BCUT2D eigenvalue weighted by Gasteiger charge is 2.13. The van der Waals surface area contributed by atoms with E-state index in [0.29, 0.717) is 19.4 Å². The lowest BCUT2D eigenvalue weighted by molar-refractivity contribution is -0.115. The molecule has 0 aliphatic rings. The molecule has 5 nitrogen and oxygen atoms in total. The van der Waals surface area contributed by atoms with Crippen molar-refractivity contribution >= 4 is 15.7 Å². The van der Waals surface area contributed by atoms with Crippen LogP contribution >= 0.6 is 0 Å². The average Bonchev–Trinajstić information content (AvgIpc) is 1.84. The lowest BCUT2D eigenvalue weighted by Crippen LogP contribution is -2.25. The predicted molar refractivity (Wildman–Crippen MR) is 46.1 cm³/mol. The molecule has 0 fully saturated rings. The number of carbonyl (C=O) groups is 1. The third-order valence-electron chi connectivity index (χ3n) is 1.27. The largest absolute Gasteiger partial charge is 0.369 e. The van der Waals surface area contributed by atoms with Crippen LogP contribution in [0.15, 0.2) is 0 Å². The summed E-state index contributed by atoms with van der Waals surface area (Å²) in [4.78, 5) is 10.3. The van der Waals surface area contributed by atoms with E-state index in [1.807, 2.05) is 0 Å². The van der Waals surface area contributed by atoms with Crippen LogP contribution in [0.4, 0.5) is 0 Å². The number of hydrogen-bond donors (Lipinski definition) is 2. The molecule has 0 bridgehead atoms. The summed E-state index contributed by atoms with van der Waals surface area (Å²) < 4.78 is 21.9. The van der Waals surface area contributed by atoms with Crippen LogP contribution in [-0.4, -0.2) is 32.4 Å². The van der Waals surface area contributed by atoms with Crippen molar-refractivity contribution in [1.82, 2.24) is 0 Å². The van der Waals surface area contributed by atoms with Crippen molar-refractivity contribution in [2.75, 3.05) is 18.1 Å². The Morgan fingerprint density at radius 1 is 1.25 bits per heavy atom. The van der Waals surface area contributed by atoms with Crippen molar-refractivity contribution in [2.45, 2.75) is 12.8 Å². The lowest BCUT2D eigenvalue weighted by Gasteiger charge is -1.99. The molecule has 72 valence electrons. The Morgan fingerprint density at radius 3 is 2.25 bits per heavy atom. The molecule has 1 amide bonds. The van der Waals surface area contributed by atoms with E-state index in [4.69, 9.17) is 11.5 Å². The predicted octanol–water partition coefficient (Wildman–Crippen LogP) is -1.37. The van der Waals surface area contributed by atoms with Gasteiger partial charge in [-0.25, -0.2) is 8.42 Å². The van der Waals surface area contributed by atoms with Crippen LogP contribution in [0.3, 0.4) is 0 Å². The fraction of sp³-hybridized carbons (Fsp3) is 0.833. The third-order valence-corrected chi connectivity index (χ3v) is 2.91. The van der Waals surface area contributed by atoms with Gasteiger partial charge < -0.3 is 11.5 Å². The standard InChI is InChI=1S/C6H14N2O3S/c7-3-1-2-4-12(10,11)5-6(8)9/h1-5,7H2,(H2,8,9). The molecule has 0 saturated carbocycles. The molecule has 0 saturated heterocycles. The average molecular weight is 194 g/mol. The molecule has 0 atom stereocenters. The highest BCUT2D eigenvalue weighted by Crippen LogP contribution is 1.95. The van der Waals surface area contributed by atoms with Crippen LogP contribution in [0.2, 0.25) is 0 Å². The monoisotopic (exact) mass is 194 g/mol. The molecule has 0 heterocycles. The summed E-state index contributed by atoms with van der Waals surface area (Å²) in [6.45, 7) is 0.464. The smallest absolute Gasteiger partial charge is 0.232 e. The second-order valence-corrected chi connectivity index (χ2v) is 4.74. The summed E-state index contributed by atoms with van der Waals surface area (Å²) in [5.74, 6) is -1.37. The van der Waals surface area contributed by atoms with Crippen molar-refractivity contribution in [3.8, 4) is 0 Å². The molecular weight excluding hydrogens is 180 g/mol. The summed E-state index contributed by atoms with van der Waals surface area (Å²) in [7, 11) is -3.28. The summed E-state index contributed by atoms with van der Waals surface area (Å²) in [6, 6.07) is 0. The number of carbonyl (C=O) groups excluding carboxylic acids is 1. The molecular formula is C6H14N2O3S. The SMILES string of the molecule is NCCCCS(=O)(=O)CC(N)=O. The Balaban J connectivity index is 3.81. The van der Waals surface area contributed by atoms with E-state index in [1.165, 1.54) is 0 Å². The van der Waals surface area contributed by atoms with Gasteiger partial charge in [-0.2, -0.15) is 0 Å². The van der Waals surface area contributed by atoms with E-state index < -0.39 is 21.5 Å². The molecule has 0 aromatic rings. The maximum absolute atomic E-state index is 11.0. The van der Waals surface area contributed by atoms with E-state index in [1.54, 1.807) is 0 Å². The van der Waals surface area contributed by atoms with Crippen LogP contribution in [0, 0.1) is 0 Å². The second-order valence-electron chi connectivity index (χ2n) is 2.55. The van der Waals surface area contributed by atoms with Gasteiger partial charge in [0.05, 0.1) is 5.75 Å². The fourth-order valence-electron chi connectivity index (χ4n) is 0.755. The number of sulfone groups is 1. The first-order valence-corrected chi connectivity index (χ1v) is 5.49. The molecule has 0 rings (SSSR count). The van der Waals surface area contributed by atoms with Gasteiger partial charge >= 0.3 is 0 Å². The van der Waals surface area contributed by atoms with Crippen LogP contribution in [-0.2, 0) is 14.6 Å². The number of hydrogen-bond acceptors (Lipinski definition) is 4. The van der Waals surface area contributed by atoms with Crippen molar-refractivity contribution in [2.24, 2.45) is 11.5 Å². The quantitative estimate of drug-likeness (QED) is 0.509. The fourth-order valence-corrected chi connectivity index (χ4v) is 1.98. The second kappa shape index (κ2) is 5.10. The number of amides is 1. The maximum atomic E-state index is 11.0. The Labute approximate surface area is 72.0 Å². The molecule has 6 heteroatoms. The zero-order chi connectivity index (χ0) is 9.61. The third kappa shape index (κ3) is 6.11. The Morgan fingerprint density at radius 2 is 1.83 bits per heavy atom. The van der Waals surface area contributed by atoms with Crippen molar-refractivity contribution in [3.05, 3.63) is 0 Å². The molecule has 0 aliphatic carbocycles. The number of nitrogens with two attached hydrogens (primary N) is 2. The topological polar surface area (TPSA) is 103 Å². The van der Waals surface area contributed by atoms with Gasteiger partial charge in [0.15, 0.2) is 9.84 Å². The van der Waals surface area contributed by atoms with E-state index in [9.17, 15) is 13.2 Å². The first-order chi connectivity index (χ1) is 5.48. The summed E-state index contributed by atoms with van der Waals surface area (Å²) in [6.07, 6.45) is 1.14. The first-order valence-electron chi connectivity index (χ1n) is 3.67. The zero-order valence-corrected chi connectivity index (χ0v) is 7.64. The van der Waals surface area contributed by atoms with Crippen molar-refractivity contribution in [3.63, 3.8) is 0 Å². The van der Waals surface area contributed by atoms with Crippen LogP contribution in [0.25, 0.3) is 0 Å². The lowest BCUT2D eigenvalue weighted by atomic mass is 10.3. The maximum Gasteiger partial charge on any atom is 0.232 e. The molecule has 0 unspecified atom stereocenters. The number of primary amides is 1. The van der Waals surface area contributed by atoms with E-state index >= 15 is 0 Å². The van der Waals surface area contributed by atoms with Gasteiger partial charge in [-0.3, -0.25) is 4.79 Å². The minimum atomic E-state index is -3.28. The van der Waals surface area contributed by atoms with Crippen LogP contribution in [0.5, 0.6) is 0 Å².